The number of amides is 1. The Morgan fingerprint density at radius 3 is 2.45 bits per heavy atom. The maximum absolute atomic E-state index is 12.0. The molecule has 20 heavy (non-hydrogen) atoms. The van der Waals surface area contributed by atoms with Gasteiger partial charge in [0.05, 0.1) is 5.69 Å². The lowest BCUT2D eigenvalue weighted by Crippen LogP contribution is -2.31. The van der Waals surface area contributed by atoms with Crippen molar-refractivity contribution in [2.75, 3.05) is 6.54 Å². The molecule has 0 aliphatic rings. The first kappa shape index (κ1) is 16.2. The van der Waals surface area contributed by atoms with E-state index in [1.165, 1.54) is 0 Å². The quantitative estimate of drug-likeness (QED) is 0.799. The maximum atomic E-state index is 12.0. The smallest absolute Gasteiger partial charge is 0.303 e. The zero-order valence-corrected chi connectivity index (χ0v) is 12.4. The van der Waals surface area contributed by atoms with Gasteiger partial charge >= 0.3 is 5.97 Å². The molecule has 0 saturated heterocycles. The van der Waals surface area contributed by atoms with Crippen LogP contribution in [0.2, 0.25) is 0 Å². The molecular weight excluding hydrogens is 260 g/mol. The van der Waals surface area contributed by atoms with Gasteiger partial charge in [0.2, 0.25) is 5.76 Å². The van der Waals surface area contributed by atoms with Gasteiger partial charge in [-0.3, -0.25) is 9.59 Å². The molecule has 1 aromatic rings. The van der Waals surface area contributed by atoms with Gasteiger partial charge in [0.1, 0.15) is 0 Å². The van der Waals surface area contributed by atoms with E-state index in [4.69, 9.17) is 9.52 Å². The van der Waals surface area contributed by atoms with Gasteiger partial charge in [0.15, 0.2) is 5.89 Å². The summed E-state index contributed by atoms with van der Waals surface area (Å²) < 4.78 is 5.23. The van der Waals surface area contributed by atoms with Crippen LogP contribution in [0.15, 0.2) is 4.42 Å². The Kier molecular flexibility index (Phi) is 5.73. The second-order valence-electron chi connectivity index (χ2n) is 5.45. The van der Waals surface area contributed by atoms with Crippen molar-refractivity contribution < 1.29 is 19.1 Å². The molecule has 112 valence electrons. The normalized spacial score (nSPS) is 12.4. The number of aliphatic carboxylic acids is 1. The van der Waals surface area contributed by atoms with Crippen molar-refractivity contribution in [1.82, 2.24) is 10.3 Å². The molecule has 1 rings (SSSR count). The average Bonchev–Trinajstić information content (AvgIpc) is 2.63. The fourth-order valence-corrected chi connectivity index (χ4v) is 2.21. The predicted molar refractivity (Wildman–Crippen MR) is 73.5 cm³/mol. The van der Waals surface area contributed by atoms with Gasteiger partial charge < -0.3 is 14.8 Å². The number of nitrogens with zero attached hydrogens (tertiary/aromatic N) is 1. The first-order chi connectivity index (χ1) is 9.29. The summed E-state index contributed by atoms with van der Waals surface area (Å²) in [5.41, 5.74) is 0.540. The maximum Gasteiger partial charge on any atom is 0.303 e. The number of hydrogen-bond donors (Lipinski definition) is 2. The number of nitrogens with one attached hydrogen (secondary N) is 1. The van der Waals surface area contributed by atoms with Crippen LogP contribution in [-0.4, -0.2) is 28.5 Å². The summed E-state index contributed by atoms with van der Waals surface area (Å²) in [6, 6.07) is 0. The molecule has 0 aromatic carbocycles. The van der Waals surface area contributed by atoms with E-state index in [0.29, 0.717) is 24.0 Å². The van der Waals surface area contributed by atoms with Crippen LogP contribution in [-0.2, 0) is 4.79 Å². The zero-order chi connectivity index (χ0) is 15.3. The molecule has 0 radical (unpaired) electrons. The summed E-state index contributed by atoms with van der Waals surface area (Å²) in [6.45, 7) is 7.76. The summed E-state index contributed by atoms with van der Waals surface area (Å²) in [5, 5.41) is 11.6. The number of carbonyl (C=O) groups excluding carboxylic acids is 1. The van der Waals surface area contributed by atoms with Gasteiger partial charge in [-0.25, -0.2) is 4.98 Å². The summed E-state index contributed by atoms with van der Waals surface area (Å²) in [7, 11) is 0. The number of hydrogen-bond acceptors (Lipinski definition) is 4. The molecule has 0 aliphatic carbocycles. The third-order valence-electron chi connectivity index (χ3n) is 2.93. The Morgan fingerprint density at radius 2 is 2.00 bits per heavy atom. The summed E-state index contributed by atoms with van der Waals surface area (Å²) in [4.78, 5) is 26.8. The van der Waals surface area contributed by atoms with E-state index in [1.54, 1.807) is 13.8 Å². The number of carboxylic acid groups (broad SMARTS) is 1. The van der Waals surface area contributed by atoms with Crippen molar-refractivity contribution in [1.29, 1.82) is 0 Å². The molecule has 6 nitrogen and oxygen atoms in total. The number of aryl methyl sites for hydroxylation is 2. The fourth-order valence-electron chi connectivity index (χ4n) is 2.21. The molecule has 0 unspecified atom stereocenters. The van der Waals surface area contributed by atoms with Crippen molar-refractivity contribution in [3.8, 4) is 0 Å². The second-order valence-corrected chi connectivity index (χ2v) is 5.45. The largest absolute Gasteiger partial charge is 0.481 e. The molecule has 2 N–H and O–H groups in total. The SMILES string of the molecule is Cc1nc(C)c(C(=O)NC[C@H](CC(=O)O)CC(C)C)o1. The molecule has 6 heteroatoms. The molecule has 1 atom stereocenters. The Balaban J connectivity index is 2.60. The van der Waals surface area contributed by atoms with Gasteiger partial charge in [-0.1, -0.05) is 13.8 Å². The van der Waals surface area contributed by atoms with E-state index in [0.717, 1.165) is 6.42 Å². The van der Waals surface area contributed by atoms with Crippen LogP contribution in [0, 0.1) is 25.7 Å². The Morgan fingerprint density at radius 1 is 1.35 bits per heavy atom. The minimum absolute atomic E-state index is 0.0485. The van der Waals surface area contributed by atoms with Crippen LogP contribution >= 0.6 is 0 Å². The lowest BCUT2D eigenvalue weighted by Gasteiger charge is -2.17. The summed E-state index contributed by atoms with van der Waals surface area (Å²) in [6.07, 6.45) is 0.799. The van der Waals surface area contributed by atoms with Crippen LogP contribution in [0.4, 0.5) is 0 Å². The van der Waals surface area contributed by atoms with Gasteiger partial charge in [-0.05, 0) is 25.2 Å². The zero-order valence-electron chi connectivity index (χ0n) is 12.4. The van der Waals surface area contributed by atoms with Gasteiger partial charge in [-0.2, -0.15) is 0 Å². The number of rotatable bonds is 7. The van der Waals surface area contributed by atoms with Crippen LogP contribution in [0.3, 0.4) is 0 Å². The Bertz CT molecular complexity index is 480. The molecule has 1 amide bonds. The van der Waals surface area contributed by atoms with Crippen molar-refractivity contribution in [3.05, 3.63) is 17.3 Å². The molecular formula is C14H22N2O4. The minimum Gasteiger partial charge on any atom is -0.481 e. The number of carboxylic acids is 1. The highest BCUT2D eigenvalue weighted by Gasteiger charge is 2.19. The minimum atomic E-state index is -0.850. The molecule has 0 saturated carbocycles. The first-order valence-corrected chi connectivity index (χ1v) is 6.73. The van der Waals surface area contributed by atoms with E-state index < -0.39 is 5.97 Å². The lowest BCUT2D eigenvalue weighted by molar-refractivity contribution is -0.138. The second kappa shape index (κ2) is 7.07. The molecule has 0 aliphatic heterocycles. The average molecular weight is 282 g/mol. The molecule has 0 bridgehead atoms. The third kappa shape index (κ3) is 5.03. The Hall–Kier alpha value is -1.85. The third-order valence-corrected chi connectivity index (χ3v) is 2.93. The van der Waals surface area contributed by atoms with E-state index in [2.05, 4.69) is 10.3 Å². The topological polar surface area (TPSA) is 92.4 Å². The van der Waals surface area contributed by atoms with E-state index in [-0.39, 0.29) is 24.0 Å². The van der Waals surface area contributed by atoms with Crippen molar-refractivity contribution in [3.63, 3.8) is 0 Å². The van der Waals surface area contributed by atoms with Crippen molar-refractivity contribution >= 4 is 11.9 Å². The molecule has 1 heterocycles. The number of aromatic nitrogens is 1. The van der Waals surface area contributed by atoms with Gasteiger partial charge in [0, 0.05) is 19.9 Å². The highest BCUT2D eigenvalue weighted by Crippen LogP contribution is 2.15. The van der Waals surface area contributed by atoms with Crippen LogP contribution < -0.4 is 5.32 Å². The molecule has 0 fully saturated rings. The van der Waals surface area contributed by atoms with Gasteiger partial charge in [0.25, 0.3) is 5.91 Å². The monoisotopic (exact) mass is 282 g/mol. The predicted octanol–water partition coefficient (Wildman–Crippen LogP) is 2.16. The summed E-state index contributed by atoms with van der Waals surface area (Å²) >= 11 is 0. The van der Waals surface area contributed by atoms with Crippen LogP contribution in [0.5, 0.6) is 0 Å². The Labute approximate surface area is 118 Å². The van der Waals surface area contributed by atoms with Crippen molar-refractivity contribution in [2.45, 2.75) is 40.5 Å². The first-order valence-electron chi connectivity index (χ1n) is 6.73. The fraction of sp³-hybridized carbons (Fsp3) is 0.643. The van der Waals surface area contributed by atoms with E-state index >= 15 is 0 Å². The van der Waals surface area contributed by atoms with Crippen LogP contribution in [0.25, 0.3) is 0 Å². The highest BCUT2D eigenvalue weighted by atomic mass is 16.4. The highest BCUT2D eigenvalue weighted by molar-refractivity contribution is 5.92. The van der Waals surface area contributed by atoms with E-state index in [1.807, 2.05) is 13.8 Å². The van der Waals surface area contributed by atoms with Gasteiger partial charge in [-0.15, -0.1) is 0 Å². The number of oxazole rings is 1. The summed E-state index contributed by atoms with van der Waals surface area (Å²) in [5.74, 6) is -0.261. The number of carbonyl (C=O) groups is 2. The molecule has 1 aromatic heterocycles. The van der Waals surface area contributed by atoms with Crippen molar-refractivity contribution in [2.24, 2.45) is 11.8 Å². The lowest BCUT2D eigenvalue weighted by atomic mass is 9.94. The van der Waals surface area contributed by atoms with Crippen LogP contribution in [0.1, 0.15) is 48.8 Å². The standard InChI is InChI=1S/C14H22N2O4/c1-8(2)5-11(6-12(17)18)7-15-14(19)13-9(3)16-10(4)20-13/h8,11H,5-7H2,1-4H3,(H,15,19)(H,17,18)/t11-/m0/s1. The molecule has 0 spiro atoms. The van der Waals surface area contributed by atoms with E-state index in [9.17, 15) is 9.59 Å².